The average Bonchev–Trinajstić information content (AvgIpc) is 3.18. The van der Waals surface area contributed by atoms with E-state index in [9.17, 15) is 45.5 Å². The van der Waals surface area contributed by atoms with Crippen LogP contribution in [0.25, 0.3) is 22.3 Å². The van der Waals surface area contributed by atoms with E-state index in [1.54, 1.807) is 18.2 Å². The molecule has 0 spiro atoms. The predicted octanol–water partition coefficient (Wildman–Crippen LogP) is 7.53. The maximum atomic E-state index is 14.0. The Hall–Kier alpha value is -5.46. The maximum absolute atomic E-state index is 14.0. The Morgan fingerprint density at radius 3 is 1.35 bits per heavy atom. The van der Waals surface area contributed by atoms with E-state index in [0.29, 0.717) is 33.9 Å². The molecular formula is C40H35BrF4O11S. The first-order chi connectivity index (χ1) is 26.9. The summed E-state index contributed by atoms with van der Waals surface area (Å²) in [6.45, 7) is -0.733. The van der Waals surface area contributed by atoms with Gasteiger partial charge in [-0.2, -0.15) is 8.42 Å². The summed E-state index contributed by atoms with van der Waals surface area (Å²) < 4.78 is 95.2. The van der Waals surface area contributed by atoms with Crippen LogP contribution >= 0.6 is 15.9 Å². The van der Waals surface area contributed by atoms with Crippen LogP contribution in [0.15, 0.2) is 95.5 Å². The average molecular weight is 880 g/mol. The van der Waals surface area contributed by atoms with Gasteiger partial charge in [0.05, 0.1) is 64.1 Å². The number of rotatable bonds is 10. The first-order valence-corrected chi connectivity index (χ1v) is 18.8. The Bertz CT molecular complexity index is 2360. The molecule has 0 aromatic heterocycles. The number of esters is 3. The van der Waals surface area contributed by atoms with Crippen molar-refractivity contribution < 1.29 is 69.0 Å². The van der Waals surface area contributed by atoms with Crippen molar-refractivity contribution in [2.45, 2.75) is 19.8 Å². The monoisotopic (exact) mass is 878 g/mol. The number of hydrogen-bond donors (Lipinski definition) is 2. The molecule has 2 N–H and O–H groups in total. The van der Waals surface area contributed by atoms with Crippen LogP contribution in [0, 0.1) is 23.3 Å². The summed E-state index contributed by atoms with van der Waals surface area (Å²) in [5.41, 5.74) is 2.99. The fraction of sp³-hybridized carbons (Fsp3) is 0.175. The minimum atomic E-state index is -3.69. The third kappa shape index (κ3) is 13.9. The van der Waals surface area contributed by atoms with Crippen molar-refractivity contribution in [1.82, 2.24) is 0 Å². The lowest BCUT2D eigenvalue weighted by atomic mass is 9.99. The van der Waals surface area contributed by atoms with Gasteiger partial charge in [0.1, 0.15) is 23.3 Å². The molecule has 0 aliphatic carbocycles. The lowest BCUT2D eigenvalue weighted by Crippen LogP contribution is -2.06. The van der Waals surface area contributed by atoms with E-state index in [0.717, 1.165) is 28.9 Å². The molecule has 0 radical (unpaired) electrons. The molecule has 0 atom stereocenters. The molecule has 57 heavy (non-hydrogen) atoms. The van der Waals surface area contributed by atoms with Crippen LogP contribution < -0.4 is 0 Å². The molecule has 5 aromatic rings. The first kappa shape index (κ1) is 45.9. The third-order valence-corrected chi connectivity index (χ3v) is 8.50. The summed E-state index contributed by atoms with van der Waals surface area (Å²) in [6, 6.07) is 19.8. The van der Waals surface area contributed by atoms with E-state index in [1.807, 2.05) is 0 Å². The second kappa shape index (κ2) is 21.2. The normalized spacial score (nSPS) is 10.6. The van der Waals surface area contributed by atoms with Crippen molar-refractivity contribution in [2.75, 3.05) is 27.6 Å². The van der Waals surface area contributed by atoms with Gasteiger partial charge in [0.2, 0.25) is 0 Å². The number of carbonyl (C=O) groups is 3. The van der Waals surface area contributed by atoms with Crippen LogP contribution in [-0.2, 0) is 48.3 Å². The summed E-state index contributed by atoms with van der Waals surface area (Å²) in [7, 11) is 0.0382. The Morgan fingerprint density at radius 2 is 0.965 bits per heavy atom. The highest BCUT2D eigenvalue weighted by Crippen LogP contribution is 2.28. The molecule has 5 aromatic carbocycles. The number of aliphatic hydroxyl groups is 2. The van der Waals surface area contributed by atoms with Gasteiger partial charge in [0.15, 0.2) is 0 Å². The number of carbonyl (C=O) groups excluding carboxylic acids is 3. The number of halogens is 5. The molecule has 17 heteroatoms. The van der Waals surface area contributed by atoms with Gasteiger partial charge in [-0.3, -0.25) is 4.18 Å². The van der Waals surface area contributed by atoms with Crippen LogP contribution in [0.4, 0.5) is 17.6 Å². The van der Waals surface area contributed by atoms with Gasteiger partial charge >= 0.3 is 17.9 Å². The second-order valence-electron chi connectivity index (χ2n) is 11.7. The Kier molecular flexibility index (Phi) is 17.1. The predicted molar refractivity (Wildman–Crippen MR) is 203 cm³/mol. The topological polar surface area (TPSA) is 163 Å². The Balaban J connectivity index is 0.000000239. The number of benzene rings is 5. The zero-order chi connectivity index (χ0) is 42.4. The number of aliphatic hydroxyl groups excluding tert-OH is 2. The lowest BCUT2D eigenvalue weighted by molar-refractivity contribution is 0.0591. The van der Waals surface area contributed by atoms with Crippen molar-refractivity contribution in [2.24, 2.45) is 0 Å². The van der Waals surface area contributed by atoms with Gasteiger partial charge in [-0.15, -0.1) is 0 Å². The van der Waals surface area contributed by atoms with Gasteiger partial charge in [0.25, 0.3) is 10.1 Å². The van der Waals surface area contributed by atoms with E-state index >= 15 is 0 Å². The van der Waals surface area contributed by atoms with Crippen LogP contribution in [-0.4, -0.2) is 64.1 Å². The largest absolute Gasteiger partial charge is 0.465 e. The minimum Gasteiger partial charge on any atom is -0.465 e. The summed E-state index contributed by atoms with van der Waals surface area (Å²) in [5, 5.41) is 18.1. The molecule has 0 saturated heterocycles. The van der Waals surface area contributed by atoms with Crippen molar-refractivity contribution in [3.63, 3.8) is 0 Å². The molecule has 0 fully saturated rings. The maximum Gasteiger partial charge on any atom is 0.337 e. The van der Waals surface area contributed by atoms with Gasteiger partial charge in [-0.1, -0.05) is 15.9 Å². The highest BCUT2D eigenvalue weighted by molar-refractivity contribution is 9.10. The highest BCUT2D eigenvalue weighted by Gasteiger charge is 2.16. The zero-order valence-corrected chi connectivity index (χ0v) is 33.1. The van der Waals surface area contributed by atoms with Gasteiger partial charge in [0, 0.05) is 27.7 Å². The quantitative estimate of drug-likeness (QED) is 0.0617. The van der Waals surface area contributed by atoms with Gasteiger partial charge < -0.3 is 24.4 Å². The fourth-order valence-electron chi connectivity index (χ4n) is 4.94. The van der Waals surface area contributed by atoms with Crippen LogP contribution in [0.2, 0.25) is 0 Å². The summed E-state index contributed by atoms with van der Waals surface area (Å²) in [5.74, 6) is -4.65. The van der Waals surface area contributed by atoms with Crippen molar-refractivity contribution >= 4 is 44.0 Å². The summed E-state index contributed by atoms with van der Waals surface area (Å²) in [6.07, 6.45) is 0.887. The molecule has 11 nitrogen and oxygen atoms in total. The SMILES string of the molecule is COC(=O)c1cc(Br)cc(CO)c1.COC(=O)c1cc(CO)cc(-c2ccc(F)cc2F)c1.COC(=O)c1cc(COS(C)(=O)=O)cc(-c2ccc(F)cc2F)c1. The molecular weight excluding hydrogens is 844 g/mol. The standard InChI is InChI=1S/C16H14F2O5S.C15H12F2O3.C9H9BrO3/c1-22-16(19)12-6-10(9-23-24(2,20)21)5-11(7-12)14-4-3-13(17)8-15(14)18;1-20-15(19)11-5-9(8-18)4-10(6-11)13-3-2-12(16)7-14(13)17;1-13-9(12)7-2-6(5-11)3-8(10)4-7/h3-8H,9H2,1-2H3;2-7,18H,8H2,1H3;2-4,11H,5H2,1H3. The lowest BCUT2D eigenvalue weighted by Gasteiger charge is -2.10. The molecule has 5 rings (SSSR count). The van der Waals surface area contributed by atoms with Gasteiger partial charge in [-0.25, -0.2) is 31.9 Å². The summed E-state index contributed by atoms with van der Waals surface area (Å²) >= 11 is 3.23. The Morgan fingerprint density at radius 1 is 0.579 bits per heavy atom. The molecule has 0 aliphatic heterocycles. The molecule has 302 valence electrons. The van der Waals surface area contributed by atoms with Crippen molar-refractivity contribution in [3.05, 3.63) is 152 Å². The molecule has 0 amide bonds. The highest BCUT2D eigenvalue weighted by atomic mass is 79.9. The summed E-state index contributed by atoms with van der Waals surface area (Å²) in [4.78, 5) is 34.4. The van der Waals surface area contributed by atoms with Crippen molar-refractivity contribution in [3.8, 4) is 22.3 Å². The zero-order valence-electron chi connectivity index (χ0n) is 30.6. The van der Waals surface area contributed by atoms with E-state index in [2.05, 4.69) is 30.1 Å². The van der Waals surface area contributed by atoms with Crippen LogP contribution in [0.5, 0.6) is 0 Å². The van der Waals surface area contributed by atoms with Crippen molar-refractivity contribution in [1.29, 1.82) is 0 Å². The number of ether oxygens (including phenoxy) is 3. The van der Waals surface area contributed by atoms with E-state index in [-0.39, 0.29) is 47.6 Å². The molecule has 0 unspecified atom stereocenters. The third-order valence-electron chi connectivity index (χ3n) is 7.50. The fourth-order valence-corrected chi connectivity index (χ4v) is 5.83. The minimum absolute atomic E-state index is 0.0581. The van der Waals surface area contributed by atoms with Gasteiger partial charge in [-0.05, 0) is 107 Å². The molecule has 0 bridgehead atoms. The Labute approximate surface area is 333 Å². The van der Waals surface area contributed by atoms with E-state index in [1.165, 1.54) is 69.9 Å². The molecule has 0 heterocycles. The smallest absolute Gasteiger partial charge is 0.337 e. The molecule has 0 aliphatic rings. The van der Waals surface area contributed by atoms with Crippen LogP contribution in [0.3, 0.4) is 0 Å². The van der Waals surface area contributed by atoms with Crippen LogP contribution in [0.1, 0.15) is 47.8 Å². The van der Waals surface area contributed by atoms with E-state index < -0.39 is 51.3 Å². The second-order valence-corrected chi connectivity index (χ2v) is 14.3. The first-order valence-electron chi connectivity index (χ1n) is 16.2. The number of methoxy groups -OCH3 is 3. The number of hydrogen-bond acceptors (Lipinski definition) is 11. The molecule has 0 saturated carbocycles. The van der Waals surface area contributed by atoms with E-state index in [4.69, 9.17) is 9.29 Å².